The van der Waals surface area contributed by atoms with Crippen LogP contribution in [0.4, 0.5) is 0 Å². The molecule has 0 N–H and O–H groups in total. The van der Waals surface area contributed by atoms with E-state index in [-0.39, 0.29) is 23.6 Å². The lowest BCUT2D eigenvalue weighted by molar-refractivity contribution is 0.0525. The highest BCUT2D eigenvalue weighted by Gasteiger charge is 2.27. The number of likely N-dealkylation sites (tertiary alicyclic amines) is 1. The van der Waals surface area contributed by atoms with Gasteiger partial charge in [-0.25, -0.2) is 9.97 Å². The summed E-state index contributed by atoms with van der Waals surface area (Å²) in [6.07, 6.45) is 4.39. The molecule has 2 aromatic rings. The Bertz CT molecular complexity index is 790. The molecule has 0 saturated carbocycles. The number of carbonyl (C=O) groups excluding carboxylic acids is 1. The minimum Gasteiger partial charge on any atom is -0.470 e. The van der Waals surface area contributed by atoms with Crippen LogP contribution in [0, 0.1) is 11.3 Å². The maximum Gasteiger partial charge on any atom is 0.255 e. The summed E-state index contributed by atoms with van der Waals surface area (Å²) in [4.78, 5) is 22.5. The fourth-order valence-corrected chi connectivity index (χ4v) is 3.12. The Morgan fingerprint density at radius 2 is 2.12 bits per heavy atom. The van der Waals surface area contributed by atoms with Crippen LogP contribution in [0.25, 0.3) is 0 Å². The van der Waals surface area contributed by atoms with Gasteiger partial charge in [0.2, 0.25) is 5.69 Å². The van der Waals surface area contributed by atoms with E-state index in [1.807, 2.05) is 24.3 Å². The summed E-state index contributed by atoms with van der Waals surface area (Å²) in [6.45, 7) is 1.15. The molecule has 6 nitrogen and oxygen atoms in total. The number of carbonyl (C=O) groups is 1. The van der Waals surface area contributed by atoms with E-state index in [0.717, 1.165) is 17.3 Å². The average Bonchev–Trinajstić information content (AvgIpc) is 2.62. The maximum atomic E-state index is 12.7. The number of aromatic nitrogens is 2. The first-order valence-corrected chi connectivity index (χ1v) is 8.40. The Balaban J connectivity index is 1.72. The molecule has 1 aromatic heterocycles. The molecule has 7 heteroatoms. The summed E-state index contributed by atoms with van der Waals surface area (Å²) < 4.78 is 6.60. The van der Waals surface area contributed by atoms with Gasteiger partial charge in [-0.1, -0.05) is 12.1 Å². The van der Waals surface area contributed by atoms with Crippen molar-refractivity contribution in [1.82, 2.24) is 14.9 Å². The number of piperidine rings is 1. The van der Waals surface area contributed by atoms with Crippen molar-refractivity contribution in [3.8, 4) is 11.9 Å². The molecule has 3 rings (SSSR count). The van der Waals surface area contributed by atoms with Crippen LogP contribution in [0.5, 0.6) is 5.88 Å². The normalized spacial score (nSPS) is 17.2. The Hall–Kier alpha value is -2.46. The quantitative estimate of drug-likeness (QED) is 0.809. The number of nitrogens with zero attached hydrogens (tertiary/aromatic N) is 4. The SMILES string of the molecule is N#Cc1nccnc1OC1CCCN(C(=O)c2ccccc2Br)C1. The second kappa shape index (κ2) is 7.41. The Morgan fingerprint density at radius 1 is 1.33 bits per heavy atom. The van der Waals surface area contributed by atoms with Gasteiger partial charge in [0.1, 0.15) is 12.2 Å². The zero-order valence-corrected chi connectivity index (χ0v) is 14.4. The van der Waals surface area contributed by atoms with Crippen LogP contribution in [0.15, 0.2) is 41.1 Å². The Morgan fingerprint density at radius 3 is 2.92 bits per heavy atom. The lowest BCUT2D eigenvalue weighted by atomic mass is 10.1. The first-order valence-electron chi connectivity index (χ1n) is 7.60. The lowest BCUT2D eigenvalue weighted by Gasteiger charge is -2.32. The van der Waals surface area contributed by atoms with Crippen molar-refractivity contribution in [2.45, 2.75) is 18.9 Å². The van der Waals surface area contributed by atoms with Crippen molar-refractivity contribution in [3.63, 3.8) is 0 Å². The lowest BCUT2D eigenvalue weighted by Crippen LogP contribution is -2.44. The van der Waals surface area contributed by atoms with Crippen molar-refractivity contribution in [3.05, 3.63) is 52.4 Å². The van der Waals surface area contributed by atoms with E-state index in [4.69, 9.17) is 10.00 Å². The number of ether oxygens (including phenoxy) is 1. The summed E-state index contributed by atoms with van der Waals surface area (Å²) in [5.41, 5.74) is 0.794. The minimum atomic E-state index is -0.200. The summed E-state index contributed by atoms with van der Waals surface area (Å²) in [6, 6.07) is 9.33. The third-order valence-corrected chi connectivity index (χ3v) is 4.51. The average molecular weight is 387 g/mol. The van der Waals surface area contributed by atoms with Gasteiger partial charge < -0.3 is 9.64 Å². The molecule has 24 heavy (non-hydrogen) atoms. The molecule has 0 spiro atoms. The van der Waals surface area contributed by atoms with Crippen LogP contribution in [0.2, 0.25) is 0 Å². The van der Waals surface area contributed by atoms with Gasteiger partial charge in [0.15, 0.2) is 0 Å². The van der Waals surface area contributed by atoms with Gasteiger partial charge in [-0.3, -0.25) is 4.79 Å². The maximum absolute atomic E-state index is 12.7. The number of rotatable bonds is 3. The van der Waals surface area contributed by atoms with Crippen LogP contribution >= 0.6 is 15.9 Å². The number of hydrogen-bond donors (Lipinski definition) is 0. The van der Waals surface area contributed by atoms with Gasteiger partial charge in [-0.15, -0.1) is 0 Å². The van der Waals surface area contributed by atoms with Gasteiger partial charge in [-0.05, 0) is 40.9 Å². The van der Waals surface area contributed by atoms with Crippen molar-refractivity contribution in [1.29, 1.82) is 5.26 Å². The molecule has 1 atom stereocenters. The topological polar surface area (TPSA) is 79.1 Å². The van der Waals surface area contributed by atoms with E-state index in [1.165, 1.54) is 12.4 Å². The Labute approximate surface area is 148 Å². The molecule has 1 amide bonds. The molecule has 0 radical (unpaired) electrons. The molecule has 122 valence electrons. The van der Waals surface area contributed by atoms with E-state index in [0.29, 0.717) is 18.7 Å². The minimum absolute atomic E-state index is 0.0320. The highest BCUT2D eigenvalue weighted by Crippen LogP contribution is 2.22. The molecule has 0 aliphatic carbocycles. The monoisotopic (exact) mass is 386 g/mol. The molecule has 1 aliphatic rings. The molecule has 1 aliphatic heterocycles. The smallest absolute Gasteiger partial charge is 0.255 e. The molecule has 2 heterocycles. The number of amides is 1. The van der Waals surface area contributed by atoms with Crippen LogP contribution in [-0.4, -0.2) is 40.0 Å². The third-order valence-electron chi connectivity index (χ3n) is 3.82. The van der Waals surface area contributed by atoms with Crippen LogP contribution < -0.4 is 4.74 Å². The molecule has 1 saturated heterocycles. The zero-order valence-electron chi connectivity index (χ0n) is 12.9. The summed E-state index contributed by atoms with van der Waals surface area (Å²) in [5, 5.41) is 9.07. The predicted molar refractivity (Wildman–Crippen MR) is 90.4 cm³/mol. The summed E-state index contributed by atoms with van der Waals surface area (Å²) in [5.74, 6) is 0.190. The number of halogens is 1. The Kier molecular flexibility index (Phi) is 5.06. The van der Waals surface area contributed by atoms with E-state index in [1.54, 1.807) is 11.0 Å². The molecular formula is C17H15BrN4O2. The summed E-state index contributed by atoms with van der Waals surface area (Å²) >= 11 is 3.42. The third kappa shape index (κ3) is 3.54. The molecule has 0 bridgehead atoms. The van der Waals surface area contributed by atoms with Gasteiger partial charge >= 0.3 is 0 Å². The fourth-order valence-electron chi connectivity index (χ4n) is 2.67. The van der Waals surface area contributed by atoms with E-state index in [9.17, 15) is 4.79 Å². The van der Waals surface area contributed by atoms with Crippen LogP contribution in [0.3, 0.4) is 0 Å². The van der Waals surface area contributed by atoms with E-state index in [2.05, 4.69) is 25.9 Å². The van der Waals surface area contributed by atoms with Crippen LogP contribution in [-0.2, 0) is 0 Å². The van der Waals surface area contributed by atoms with Crippen LogP contribution in [0.1, 0.15) is 28.9 Å². The first-order chi connectivity index (χ1) is 11.7. The van der Waals surface area contributed by atoms with E-state index >= 15 is 0 Å². The van der Waals surface area contributed by atoms with Gasteiger partial charge in [-0.2, -0.15) is 5.26 Å². The molecule has 1 aromatic carbocycles. The fraction of sp³-hybridized carbons (Fsp3) is 0.294. The summed E-state index contributed by atoms with van der Waals surface area (Å²) in [7, 11) is 0. The number of benzene rings is 1. The van der Waals surface area contributed by atoms with Gasteiger partial charge in [0.05, 0.1) is 12.1 Å². The van der Waals surface area contributed by atoms with Gasteiger partial charge in [0.25, 0.3) is 11.8 Å². The highest BCUT2D eigenvalue weighted by atomic mass is 79.9. The molecule has 1 fully saturated rings. The van der Waals surface area contributed by atoms with Crippen molar-refractivity contribution < 1.29 is 9.53 Å². The second-order valence-corrected chi connectivity index (χ2v) is 6.29. The highest BCUT2D eigenvalue weighted by molar-refractivity contribution is 9.10. The van der Waals surface area contributed by atoms with Crippen molar-refractivity contribution in [2.24, 2.45) is 0 Å². The zero-order chi connectivity index (χ0) is 16.9. The van der Waals surface area contributed by atoms with Crippen molar-refractivity contribution >= 4 is 21.8 Å². The van der Waals surface area contributed by atoms with E-state index < -0.39 is 0 Å². The molecular weight excluding hydrogens is 372 g/mol. The molecule has 1 unspecified atom stereocenters. The van der Waals surface area contributed by atoms with Crippen molar-refractivity contribution in [2.75, 3.05) is 13.1 Å². The first kappa shape index (κ1) is 16.4. The number of nitriles is 1. The second-order valence-electron chi connectivity index (χ2n) is 5.44. The largest absolute Gasteiger partial charge is 0.470 e. The predicted octanol–water partition coefficient (Wildman–Crippen LogP) is 2.79. The number of hydrogen-bond acceptors (Lipinski definition) is 5. The van der Waals surface area contributed by atoms with Gasteiger partial charge in [0, 0.05) is 23.4 Å². The standard InChI is InChI=1S/C17H15BrN4O2/c18-14-6-2-1-5-13(14)17(23)22-9-3-4-12(11-22)24-16-15(10-19)20-7-8-21-16/h1-2,5-8,12H,3-4,9,11H2.